The topological polar surface area (TPSA) is 102 Å². The summed E-state index contributed by atoms with van der Waals surface area (Å²) in [5.41, 5.74) is 2.25. The molecule has 2 rings (SSSR count). The van der Waals surface area contributed by atoms with E-state index in [1.165, 1.54) is 10.9 Å². The van der Waals surface area contributed by atoms with Gasteiger partial charge < -0.3 is 10.6 Å². The van der Waals surface area contributed by atoms with Gasteiger partial charge in [-0.05, 0) is 40.7 Å². The van der Waals surface area contributed by atoms with Crippen LogP contribution in [0.2, 0.25) is 5.02 Å². The Labute approximate surface area is 184 Å². The van der Waals surface area contributed by atoms with E-state index in [4.69, 9.17) is 11.6 Å². The van der Waals surface area contributed by atoms with Gasteiger partial charge in [-0.1, -0.05) is 37.1 Å². The molecule has 0 aromatic carbocycles. The van der Waals surface area contributed by atoms with E-state index in [0.717, 1.165) is 11.3 Å². The molecule has 2 aromatic rings. The third-order valence-electron chi connectivity index (χ3n) is 3.89. The van der Waals surface area contributed by atoms with Crippen LogP contribution in [0.4, 0.5) is 17.5 Å². The molecule has 0 atom stereocenters. The van der Waals surface area contributed by atoms with Gasteiger partial charge in [-0.25, -0.2) is 13.4 Å². The Kier molecular flexibility index (Phi) is 9.51. The minimum atomic E-state index is -3.58. The second-order valence-electron chi connectivity index (χ2n) is 6.62. The lowest BCUT2D eigenvalue weighted by molar-refractivity contribution is 0.579. The number of anilines is 3. The molecule has 10 heteroatoms. The molecule has 0 saturated carbocycles. The van der Waals surface area contributed by atoms with Gasteiger partial charge in [0.15, 0.2) is 5.82 Å². The number of hydrogen-bond acceptors (Lipinski definition) is 7. The fourth-order valence-corrected chi connectivity index (χ4v) is 3.50. The molecule has 30 heavy (non-hydrogen) atoms. The van der Waals surface area contributed by atoms with E-state index in [1.807, 2.05) is 46.8 Å². The van der Waals surface area contributed by atoms with Crippen molar-refractivity contribution in [2.45, 2.75) is 58.7 Å². The van der Waals surface area contributed by atoms with Crippen molar-refractivity contribution in [1.29, 1.82) is 0 Å². The fraction of sp³-hybridized carbons (Fsp3) is 0.450. The summed E-state index contributed by atoms with van der Waals surface area (Å²) in [5, 5.41) is 9.75. The molecule has 0 aliphatic rings. The van der Waals surface area contributed by atoms with Gasteiger partial charge in [0.2, 0.25) is 20.8 Å². The Hall–Kier alpha value is -2.39. The highest BCUT2D eigenvalue weighted by Crippen LogP contribution is 2.29. The third kappa shape index (κ3) is 6.56. The monoisotopic (exact) mass is 454 g/mol. The second-order valence-corrected chi connectivity index (χ2v) is 9.44. The van der Waals surface area contributed by atoms with Gasteiger partial charge in [0.05, 0.1) is 17.1 Å². The van der Waals surface area contributed by atoms with Gasteiger partial charge in [0, 0.05) is 18.9 Å². The van der Waals surface area contributed by atoms with Crippen LogP contribution in [0.15, 0.2) is 40.8 Å². The molecule has 0 spiro atoms. The number of nitrogens with zero attached hydrogens (tertiary/aromatic N) is 4. The summed E-state index contributed by atoms with van der Waals surface area (Å²) in [4.78, 5) is 8.53. The van der Waals surface area contributed by atoms with Crippen molar-refractivity contribution in [1.82, 2.24) is 19.7 Å². The van der Waals surface area contributed by atoms with Gasteiger partial charge in [-0.15, -0.1) is 0 Å². The molecule has 2 heterocycles. The van der Waals surface area contributed by atoms with Crippen LogP contribution in [0.1, 0.15) is 48.5 Å². The Morgan fingerprint density at radius 1 is 1.27 bits per heavy atom. The number of aryl methyl sites for hydroxylation is 1. The van der Waals surface area contributed by atoms with E-state index in [9.17, 15) is 8.42 Å². The number of nitrogens with one attached hydrogen (secondary N) is 2. The number of halogens is 1. The molecule has 0 bridgehead atoms. The molecule has 0 radical (unpaired) electrons. The average molecular weight is 455 g/mol. The summed E-state index contributed by atoms with van der Waals surface area (Å²) in [6.45, 7) is 13.0. The van der Waals surface area contributed by atoms with Gasteiger partial charge in [-0.3, -0.25) is 4.68 Å². The average Bonchev–Trinajstić information content (AvgIpc) is 3.06. The molecule has 0 amide bonds. The smallest absolute Gasteiger partial charge is 0.228 e. The molecule has 0 saturated heterocycles. The Morgan fingerprint density at radius 3 is 2.47 bits per heavy atom. The number of hydrogen-bond donors (Lipinski definition) is 2. The molecule has 0 aliphatic heterocycles. The molecule has 166 valence electrons. The van der Waals surface area contributed by atoms with E-state index in [-0.39, 0.29) is 15.9 Å². The Morgan fingerprint density at radius 2 is 1.90 bits per heavy atom. The summed E-state index contributed by atoms with van der Waals surface area (Å²) in [6, 6.07) is 0. The largest absolute Gasteiger partial charge is 0.335 e. The van der Waals surface area contributed by atoms with Crippen molar-refractivity contribution in [2.24, 2.45) is 7.05 Å². The van der Waals surface area contributed by atoms with Crippen LogP contribution >= 0.6 is 11.6 Å². The van der Waals surface area contributed by atoms with Crippen molar-refractivity contribution >= 4 is 38.9 Å². The van der Waals surface area contributed by atoms with Crippen molar-refractivity contribution in [3.63, 3.8) is 0 Å². The van der Waals surface area contributed by atoms with E-state index in [1.54, 1.807) is 27.1 Å². The molecule has 2 aromatic heterocycles. The lowest BCUT2D eigenvalue weighted by Gasteiger charge is -2.11. The Bertz CT molecular complexity index is 1030. The van der Waals surface area contributed by atoms with Crippen molar-refractivity contribution in [3.8, 4) is 0 Å². The second kappa shape index (κ2) is 11.1. The first kappa shape index (κ1) is 25.6. The molecular weight excluding hydrogens is 424 g/mol. The summed E-state index contributed by atoms with van der Waals surface area (Å²) in [5.74, 6) is 0.615. The molecular formula is C20H31ClN6O2S. The molecule has 0 fully saturated rings. The van der Waals surface area contributed by atoms with Crippen molar-refractivity contribution < 1.29 is 8.42 Å². The van der Waals surface area contributed by atoms with Gasteiger partial charge in [0.1, 0.15) is 5.02 Å². The standard InChI is InChI=1S/C18H25ClN6O2S.C2H6/c1-7-12(4)8-13(5)21-18-20-9-14(19)16(23-18)22-15-10-25(6)24-17(15)28(26,27)11(2)3;1-2/h7-11H,1-6H3,(H2,20,21,22,23);1-2H3/b12-7-,13-8+;. The summed E-state index contributed by atoms with van der Waals surface area (Å²) in [7, 11) is -1.93. The number of sulfone groups is 1. The molecule has 2 N–H and O–H groups in total. The first-order valence-corrected chi connectivity index (χ1v) is 11.6. The maximum atomic E-state index is 12.6. The Balaban J connectivity index is 0.00000218. The van der Waals surface area contributed by atoms with Crippen molar-refractivity contribution in [2.75, 3.05) is 10.6 Å². The van der Waals surface area contributed by atoms with Gasteiger partial charge in [-0.2, -0.15) is 10.1 Å². The van der Waals surface area contributed by atoms with E-state index in [2.05, 4.69) is 25.7 Å². The predicted molar refractivity (Wildman–Crippen MR) is 124 cm³/mol. The van der Waals surface area contributed by atoms with Crippen LogP contribution < -0.4 is 10.6 Å². The van der Waals surface area contributed by atoms with E-state index >= 15 is 0 Å². The first-order valence-electron chi connectivity index (χ1n) is 9.70. The third-order valence-corrected chi connectivity index (χ3v) is 6.25. The summed E-state index contributed by atoms with van der Waals surface area (Å²) in [6.07, 6.45) is 6.96. The normalized spacial score (nSPS) is 12.5. The van der Waals surface area contributed by atoms with Crippen LogP contribution in [0.5, 0.6) is 0 Å². The highest BCUT2D eigenvalue weighted by atomic mass is 35.5. The quantitative estimate of drug-likeness (QED) is 0.561. The zero-order chi connectivity index (χ0) is 23.1. The van der Waals surface area contributed by atoms with E-state index in [0.29, 0.717) is 11.6 Å². The zero-order valence-electron chi connectivity index (χ0n) is 18.8. The van der Waals surface area contributed by atoms with Crippen LogP contribution in [0.25, 0.3) is 0 Å². The first-order chi connectivity index (χ1) is 14.0. The minimum absolute atomic E-state index is 0.0472. The molecule has 0 aliphatic carbocycles. The maximum absolute atomic E-state index is 12.6. The molecule has 8 nitrogen and oxygen atoms in total. The molecule has 0 unspecified atom stereocenters. The number of allylic oxidation sites excluding steroid dienone is 4. The van der Waals surface area contributed by atoms with Gasteiger partial charge in [0.25, 0.3) is 0 Å². The lowest BCUT2D eigenvalue weighted by atomic mass is 10.2. The van der Waals surface area contributed by atoms with Gasteiger partial charge >= 0.3 is 0 Å². The zero-order valence-corrected chi connectivity index (χ0v) is 20.4. The number of aromatic nitrogens is 4. The maximum Gasteiger partial charge on any atom is 0.228 e. The summed E-state index contributed by atoms with van der Waals surface area (Å²) < 4.78 is 26.6. The fourth-order valence-electron chi connectivity index (χ4n) is 2.27. The van der Waals surface area contributed by atoms with Crippen LogP contribution in [0, 0.1) is 0 Å². The lowest BCUT2D eigenvalue weighted by Crippen LogP contribution is -2.16. The minimum Gasteiger partial charge on any atom is -0.335 e. The summed E-state index contributed by atoms with van der Waals surface area (Å²) >= 11 is 6.21. The van der Waals surface area contributed by atoms with Crippen LogP contribution in [0.3, 0.4) is 0 Å². The van der Waals surface area contributed by atoms with Crippen LogP contribution in [-0.4, -0.2) is 33.4 Å². The highest BCUT2D eigenvalue weighted by molar-refractivity contribution is 7.92. The van der Waals surface area contributed by atoms with E-state index < -0.39 is 15.1 Å². The predicted octanol–water partition coefficient (Wildman–Crippen LogP) is 5.10. The SMILES string of the molecule is C/C=C(C)\C=C(/C)Nc1ncc(Cl)c(Nc2cn(C)nc2S(=O)(=O)C(C)C)n1.CC. The number of rotatable bonds is 7. The van der Waals surface area contributed by atoms with Crippen molar-refractivity contribution in [3.05, 3.63) is 40.8 Å². The van der Waals surface area contributed by atoms with Crippen LogP contribution in [-0.2, 0) is 16.9 Å². The highest BCUT2D eigenvalue weighted by Gasteiger charge is 2.27.